The van der Waals surface area contributed by atoms with Gasteiger partial charge in [-0.3, -0.25) is 11.3 Å². The van der Waals surface area contributed by atoms with Crippen LogP contribution < -0.4 is 11.3 Å². The van der Waals surface area contributed by atoms with Crippen molar-refractivity contribution in [2.45, 2.75) is 52.7 Å². The molecular weight excluding hydrogens is 164 g/mol. The fraction of sp³-hybridized carbons (Fsp3) is 1.00. The largest absolute Gasteiger partial charge is 0.377 e. The molecule has 0 heterocycles. The molecule has 0 aromatic carbocycles. The van der Waals surface area contributed by atoms with Gasteiger partial charge in [-0.05, 0) is 26.2 Å². The first-order chi connectivity index (χ1) is 6.17. The van der Waals surface area contributed by atoms with Gasteiger partial charge in [0.2, 0.25) is 0 Å². The van der Waals surface area contributed by atoms with Gasteiger partial charge in [-0.1, -0.05) is 20.3 Å². The average Bonchev–Trinajstić information content (AvgIpc) is 2.06. The lowest BCUT2D eigenvalue weighted by Crippen LogP contribution is -2.48. The van der Waals surface area contributed by atoms with Crippen LogP contribution in [0.3, 0.4) is 0 Å². The van der Waals surface area contributed by atoms with Crippen molar-refractivity contribution >= 4 is 0 Å². The summed E-state index contributed by atoms with van der Waals surface area (Å²) in [7, 11) is 0. The van der Waals surface area contributed by atoms with E-state index in [0.29, 0.717) is 5.92 Å². The summed E-state index contributed by atoms with van der Waals surface area (Å²) in [6.45, 7) is 9.23. The molecule has 3 N–H and O–H groups in total. The molecule has 0 amide bonds. The zero-order chi connectivity index (χ0) is 10.3. The lowest BCUT2D eigenvalue weighted by atomic mass is 9.94. The first kappa shape index (κ1) is 12.9. The van der Waals surface area contributed by atoms with Crippen molar-refractivity contribution in [1.82, 2.24) is 5.43 Å². The molecule has 0 spiro atoms. The topological polar surface area (TPSA) is 47.3 Å². The van der Waals surface area contributed by atoms with E-state index in [9.17, 15) is 0 Å². The second kappa shape index (κ2) is 7.30. The highest BCUT2D eigenvalue weighted by atomic mass is 16.5. The molecule has 0 aliphatic heterocycles. The molecule has 0 aliphatic rings. The summed E-state index contributed by atoms with van der Waals surface area (Å²) in [6.07, 6.45) is 2.57. The van der Waals surface area contributed by atoms with Crippen LogP contribution >= 0.6 is 0 Å². The summed E-state index contributed by atoms with van der Waals surface area (Å²) < 4.78 is 5.52. The van der Waals surface area contributed by atoms with E-state index >= 15 is 0 Å². The lowest BCUT2D eigenvalue weighted by Gasteiger charge is -2.28. The van der Waals surface area contributed by atoms with Gasteiger partial charge in [-0.15, -0.1) is 0 Å². The van der Waals surface area contributed by atoms with Crippen molar-refractivity contribution in [2.24, 2.45) is 11.8 Å². The van der Waals surface area contributed by atoms with Crippen LogP contribution in [0.15, 0.2) is 0 Å². The molecule has 80 valence electrons. The minimum absolute atomic E-state index is 0.191. The van der Waals surface area contributed by atoms with Crippen molar-refractivity contribution in [3.63, 3.8) is 0 Å². The van der Waals surface area contributed by atoms with E-state index < -0.39 is 0 Å². The minimum atomic E-state index is 0.191. The van der Waals surface area contributed by atoms with E-state index in [1.54, 1.807) is 0 Å². The van der Waals surface area contributed by atoms with Gasteiger partial charge in [0.15, 0.2) is 0 Å². The molecule has 0 fully saturated rings. The molecule has 3 heteroatoms. The number of hydrogen-bond acceptors (Lipinski definition) is 3. The Morgan fingerprint density at radius 3 is 2.31 bits per heavy atom. The smallest absolute Gasteiger partial charge is 0.0715 e. The quantitative estimate of drug-likeness (QED) is 0.472. The molecule has 3 unspecified atom stereocenters. The molecule has 3 nitrogen and oxygen atoms in total. The number of hydrogen-bond donors (Lipinski definition) is 2. The van der Waals surface area contributed by atoms with Crippen LogP contribution in [0, 0.1) is 5.92 Å². The van der Waals surface area contributed by atoms with Crippen molar-refractivity contribution < 1.29 is 4.74 Å². The third-order valence-corrected chi connectivity index (χ3v) is 2.48. The van der Waals surface area contributed by atoms with Crippen LogP contribution in [0.25, 0.3) is 0 Å². The van der Waals surface area contributed by atoms with Gasteiger partial charge in [0.1, 0.15) is 0 Å². The summed E-state index contributed by atoms with van der Waals surface area (Å²) >= 11 is 0. The molecular formula is C10H24N2O. The maximum Gasteiger partial charge on any atom is 0.0715 e. The number of nitrogens with two attached hydrogens (primary N) is 1. The van der Waals surface area contributed by atoms with Gasteiger partial charge in [-0.2, -0.15) is 0 Å². The van der Waals surface area contributed by atoms with Crippen LogP contribution in [-0.2, 0) is 4.74 Å². The number of nitrogens with one attached hydrogen (secondary N) is 1. The molecule has 0 rings (SSSR count). The molecule has 13 heavy (non-hydrogen) atoms. The monoisotopic (exact) mass is 188 g/mol. The van der Waals surface area contributed by atoms with Crippen LogP contribution in [-0.4, -0.2) is 18.8 Å². The Balaban J connectivity index is 3.98. The summed E-state index contributed by atoms with van der Waals surface area (Å²) in [5, 5.41) is 0. The highest BCUT2D eigenvalue weighted by Crippen LogP contribution is 2.14. The minimum Gasteiger partial charge on any atom is -0.377 e. The zero-order valence-electron chi connectivity index (χ0n) is 9.34. The van der Waals surface area contributed by atoms with Gasteiger partial charge in [0.25, 0.3) is 0 Å². The van der Waals surface area contributed by atoms with Gasteiger partial charge in [0, 0.05) is 12.6 Å². The van der Waals surface area contributed by atoms with Crippen molar-refractivity contribution in [3.05, 3.63) is 0 Å². The van der Waals surface area contributed by atoms with Crippen LogP contribution in [0.1, 0.15) is 40.5 Å². The zero-order valence-corrected chi connectivity index (χ0v) is 9.34. The number of rotatable bonds is 7. The number of ether oxygens (including phenoxy) is 1. The van der Waals surface area contributed by atoms with Crippen molar-refractivity contribution in [1.29, 1.82) is 0 Å². The first-order valence-electron chi connectivity index (χ1n) is 5.25. The van der Waals surface area contributed by atoms with E-state index in [2.05, 4.69) is 26.2 Å². The van der Waals surface area contributed by atoms with E-state index in [-0.39, 0.29) is 12.1 Å². The summed E-state index contributed by atoms with van der Waals surface area (Å²) in [5.74, 6) is 6.07. The predicted molar refractivity (Wildman–Crippen MR) is 56.3 cm³/mol. The molecule has 0 aromatic rings. The average molecular weight is 188 g/mol. The molecule has 0 radical (unpaired) electrons. The van der Waals surface area contributed by atoms with E-state index in [1.165, 1.54) is 12.8 Å². The maximum absolute atomic E-state index is 5.52. The lowest BCUT2D eigenvalue weighted by molar-refractivity contribution is 0.0310. The number of hydrazine groups is 1. The molecule has 0 saturated heterocycles. The predicted octanol–water partition coefficient (Wildman–Crippen LogP) is 1.68. The SMILES string of the molecule is CCCC(C)C(NN)C(C)OCC. The van der Waals surface area contributed by atoms with Crippen molar-refractivity contribution in [2.75, 3.05) is 6.61 Å². The Hall–Kier alpha value is -0.120. The fourth-order valence-electron chi connectivity index (χ4n) is 1.76. The van der Waals surface area contributed by atoms with E-state index in [1.807, 2.05) is 6.92 Å². The Kier molecular flexibility index (Phi) is 7.23. The Labute approximate surface area is 82.0 Å². The summed E-state index contributed by atoms with van der Waals surface area (Å²) in [5.41, 5.74) is 2.85. The van der Waals surface area contributed by atoms with Gasteiger partial charge in [0.05, 0.1) is 6.10 Å². The van der Waals surface area contributed by atoms with Gasteiger partial charge in [-0.25, -0.2) is 0 Å². The van der Waals surface area contributed by atoms with Gasteiger partial charge < -0.3 is 4.74 Å². The van der Waals surface area contributed by atoms with E-state index in [0.717, 1.165) is 6.61 Å². The summed E-state index contributed by atoms with van der Waals surface area (Å²) in [4.78, 5) is 0. The maximum atomic E-state index is 5.52. The fourth-order valence-corrected chi connectivity index (χ4v) is 1.76. The Morgan fingerprint density at radius 1 is 1.31 bits per heavy atom. The van der Waals surface area contributed by atoms with Crippen LogP contribution in [0.4, 0.5) is 0 Å². The first-order valence-corrected chi connectivity index (χ1v) is 5.25. The third-order valence-electron chi connectivity index (χ3n) is 2.48. The normalized spacial score (nSPS) is 18.2. The molecule has 3 atom stereocenters. The second-order valence-corrected chi connectivity index (χ2v) is 3.62. The van der Waals surface area contributed by atoms with Gasteiger partial charge >= 0.3 is 0 Å². The van der Waals surface area contributed by atoms with Crippen LogP contribution in [0.5, 0.6) is 0 Å². The Bertz CT molecular complexity index is 107. The van der Waals surface area contributed by atoms with E-state index in [4.69, 9.17) is 10.6 Å². The molecule has 0 bridgehead atoms. The third kappa shape index (κ3) is 4.60. The highest BCUT2D eigenvalue weighted by molar-refractivity contribution is 4.76. The Morgan fingerprint density at radius 2 is 1.92 bits per heavy atom. The molecule has 0 aromatic heterocycles. The second-order valence-electron chi connectivity index (χ2n) is 3.62. The molecule has 0 aliphatic carbocycles. The van der Waals surface area contributed by atoms with Crippen LogP contribution in [0.2, 0.25) is 0 Å². The van der Waals surface area contributed by atoms with Crippen molar-refractivity contribution in [3.8, 4) is 0 Å². The highest BCUT2D eigenvalue weighted by Gasteiger charge is 2.21. The summed E-state index contributed by atoms with van der Waals surface area (Å²) in [6, 6.07) is 0.264. The molecule has 0 saturated carbocycles. The standard InChI is InChI=1S/C10H24N2O/c1-5-7-8(3)10(12-11)9(4)13-6-2/h8-10,12H,5-7,11H2,1-4H3.